The van der Waals surface area contributed by atoms with Crippen molar-refractivity contribution in [3.63, 3.8) is 0 Å². The third-order valence-electron chi connectivity index (χ3n) is 2.97. The minimum absolute atomic E-state index is 0.0429. The molecule has 4 nitrogen and oxygen atoms in total. The van der Waals surface area contributed by atoms with Gasteiger partial charge in [-0.2, -0.15) is 10.5 Å². The van der Waals surface area contributed by atoms with Gasteiger partial charge in [0.05, 0.1) is 11.6 Å². The highest BCUT2D eigenvalue weighted by Gasteiger charge is 2.02. The van der Waals surface area contributed by atoms with Gasteiger partial charge < -0.3 is 10.1 Å². The molecule has 0 atom stereocenters. The summed E-state index contributed by atoms with van der Waals surface area (Å²) in [6.07, 6.45) is 0. The van der Waals surface area contributed by atoms with Crippen LogP contribution in [0.15, 0.2) is 48.5 Å². The fourth-order valence-corrected chi connectivity index (χ4v) is 1.99. The first-order valence-electron chi connectivity index (χ1n) is 6.61. The molecular weight excluding hydrogens is 262 g/mol. The molecule has 2 rings (SSSR count). The van der Waals surface area contributed by atoms with Crippen LogP contribution in [0.4, 0.5) is 0 Å². The summed E-state index contributed by atoms with van der Waals surface area (Å²) in [5.41, 5.74) is 2.72. The molecule has 0 heterocycles. The number of rotatable bonds is 6. The predicted octanol–water partition coefficient (Wildman–Crippen LogP) is 2.75. The molecule has 2 aromatic rings. The molecule has 0 radical (unpaired) electrons. The summed E-state index contributed by atoms with van der Waals surface area (Å²) in [4.78, 5) is 0. The zero-order chi connectivity index (χ0) is 14.9. The Morgan fingerprint density at radius 3 is 2.67 bits per heavy atom. The lowest BCUT2D eigenvalue weighted by Crippen LogP contribution is -2.13. The lowest BCUT2D eigenvalue weighted by atomic mass is 10.1. The van der Waals surface area contributed by atoms with Crippen LogP contribution in [0.5, 0.6) is 5.75 Å². The van der Waals surface area contributed by atoms with Crippen molar-refractivity contribution in [2.24, 2.45) is 0 Å². The van der Waals surface area contributed by atoms with Gasteiger partial charge in [-0.25, -0.2) is 0 Å². The Hall–Kier alpha value is -2.82. The largest absolute Gasteiger partial charge is 0.478 e. The summed E-state index contributed by atoms with van der Waals surface area (Å²) in [5, 5.41) is 20.8. The highest BCUT2D eigenvalue weighted by molar-refractivity contribution is 5.34. The van der Waals surface area contributed by atoms with Crippen LogP contribution < -0.4 is 10.1 Å². The lowest BCUT2D eigenvalue weighted by Gasteiger charge is -2.10. The molecule has 21 heavy (non-hydrogen) atoms. The van der Waals surface area contributed by atoms with Crippen molar-refractivity contribution in [1.82, 2.24) is 5.32 Å². The van der Waals surface area contributed by atoms with Gasteiger partial charge in [-0.3, -0.25) is 0 Å². The third kappa shape index (κ3) is 4.35. The van der Waals surface area contributed by atoms with E-state index in [1.165, 1.54) is 0 Å². The molecule has 4 heteroatoms. The fraction of sp³-hybridized carbons (Fsp3) is 0.176. The van der Waals surface area contributed by atoms with Crippen molar-refractivity contribution in [2.75, 3.05) is 6.61 Å². The maximum atomic E-state index is 8.87. The van der Waals surface area contributed by atoms with E-state index in [-0.39, 0.29) is 6.61 Å². The Labute approximate surface area is 124 Å². The summed E-state index contributed by atoms with van der Waals surface area (Å²) in [6, 6.07) is 19.2. The zero-order valence-electron chi connectivity index (χ0n) is 11.5. The highest BCUT2D eigenvalue weighted by atomic mass is 16.5. The van der Waals surface area contributed by atoms with E-state index in [9.17, 15) is 0 Å². The van der Waals surface area contributed by atoms with E-state index in [1.807, 2.05) is 48.5 Å². The zero-order valence-corrected chi connectivity index (χ0v) is 11.5. The Morgan fingerprint density at radius 2 is 1.86 bits per heavy atom. The summed E-state index contributed by atoms with van der Waals surface area (Å²) in [6.45, 7) is 1.35. The summed E-state index contributed by atoms with van der Waals surface area (Å²) >= 11 is 0. The second-order valence-electron chi connectivity index (χ2n) is 4.47. The molecule has 0 aliphatic heterocycles. The van der Waals surface area contributed by atoms with Crippen LogP contribution in [0, 0.1) is 22.7 Å². The van der Waals surface area contributed by atoms with Gasteiger partial charge in [0.1, 0.15) is 11.8 Å². The first-order chi connectivity index (χ1) is 10.3. The van der Waals surface area contributed by atoms with Crippen molar-refractivity contribution < 1.29 is 4.74 Å². The first kappa shape index (κ1) is 14.6. The highest BCUT2D eigenvalue weighted by Crippen LogP contribution is 2.17. The smallest absolute Gasteiger partial charge is 0.174 e. The van der Waals surface area contributed by atoms with Crippen molar-refractivity contribution in [1.29, 1.82) is 10.5 Å². The topological polar surface area (TPSA) is 68.8 Å². The van der Waals surface area contributed by atoms with Crippen LogP contribution in [-0.4, -0.2) is 6.61 Å². The molecule has 0 unspecified atom stereocenters. The third-order valence-corrected chi connectivity index (χ3v) is 2.97. The standard InChI is InChI=1S/C17H15N3O/c18-8-9-21-17-7-2-1-6-16(17)13-20-12-15-5-3-4-14(10-15)11-19/h1-7,10,20H,9,12-13H2. The van der Waals surface area contributed by atoms with Crippen molar-refractivity contribution in [2.45, 2.75) is 13.1 Å². The van der Waals surface area contributed by atoms with Crippen LogP contribution >= 0.6 is 0 Å². The minimum Gasteiger partial charge on any atom is -0.478 e. The van der Waals surface area contributed by atoms with Gasteiger partial charge in [-0.15, -0.1) is 0 Å². The summed E-state index contributed by atoms with van der Waals surface area (Å²) in [5.74, 6) is 0.720. The summed E-state index contributed by atoms with van der Waals surface area (Å²) < 4.78 is 5.38. The normalized spacial score (nSPS) is 9.62. The first-order valence-corrected chi connectivity index (χ1v) is 6.61. The Balaban J connectivity index is 1.94. The fourth-order valence-electron chi connectivity index (χ4n) is 1.99. The number of ether oxygens (including phenoxy) is 1. The molecular formula is C17H15N3O. The molecule has 0 bridgehead atoms. The Kier molecular flexibility index (Phi) is 5.34. The lowest BCUT2D eigenvalue weighted by molar-refractivity contribution is 0.362. The van der Waals surface area contributed by atoms with Crippen LogP contribution in [0.25, 0.3) is 0 Å². The average Bonchev–Trinajstić information content (AvgIpc) is 2.54. The molecule has 0 amide bonds. The number of para-hydroxylation sites is 1. The van der Waals surface area contributed by atoms with Crippen LogP contribution in [0.2, 0.25) is 0 Å². The van der Waals surface area contributed by atoms with E-state index < -0.39 is 0 Å². The maximum Gasteiger partial charge on any atom is 0.174 e. The van der Waals surface area contributed by atoms with E-state index >= 15 is 0 Å². The molecule has 1 N–H and O–H groups in total. The van der Waals surface area contributed by atoms with E-state index in [0.29, 0.717) is 18.7 Å². The van der Waals surface area contributed by atoms with Gasteiger partial charge >= 0.3 is 0 Å². The van der Waals surface area contributed by atoms with E-state index in [4.69, 9.17) is 15.3 Å². The van der Waals surface area contributed by atoms with Crippen molar-refractivity contribution in [3.05, 3.63) is 65.2 Å². The maximum absolute atomic E-state index is 8.87. The molecule has 0 aliphatic rings. The van der Waals surface area contributed by atoms with Crippen molar-refractivity contribution >= 4 is 0 Å². The number of hydrogen-bond donors (Lipinski definition) is 1. The molecule has 0 saturated carbocycles. The Morgan fingerprint density at radius 1 is 1.00 bits per heavy atom. The van der Waals surface area contributed by atoms with Crippen LogP contribution in [-0.2, 0) is 13.1 Å². The molecule has 0 fully saturated rings. The molecule has 104 valence electrons. The number of nitriles is 2. The number of nitrogens with one attached hydrogen (secondary N) is 1. The van der Waals surface area contributed by atoms with Gasteiger partial charge in [0.15, 0.2) is 6.61 Å². The molecule has 2 aromatic carbocycles. The van der Waals surface area contributed by atoms with Gasteiger partial charge in [0.25, 0.3) is 0 Å². The minimum atomic E-state index is 0.0429. The number of nitrogens with zero attached hydrogens (tertiary/aromatic N) is 2. The van der Waals surface area contributed by atoms with Gasteiger partial charge in [0.2, 0.25) is 0 Å². The average molecular weight is 277 g/mol. The van der Waals surface area contributed by atoms with Gasteiger partial charge in [-0.1, -0.05) is 30.3 Å². The molecule has 0 spiro atoms. The van der Waals surface area contributed by atoms with E-state index in [1.54, 1.807) is 6.07 Å². The molecule has 0 saturated heterocycles. The summed E-state index contributed by atoms with van der Waals surface area (Å²) in [7, 11) is 0. The Bertz CT molecular complexity index is 683. The van der Waals surface area contributed by atoms with Gasteiger partial charge in [-0.05, 0) is 23.8 Å². The molecule has 0 aliphatic carbocycles. The second kappa shape index (κ2) is 7.69. The van der Waals surface area contributed by atoms with E-state index in [2.05, 4.69) is 11.4 Å². The van der Waals surface area contributed by atoms with Crippen LogP contribution in [0.1, 0.15) is 16.7 Å². The monoisotopic (exact) mass is 277 g/mol. The SMILES string of the molecule is N#CCOc1ccccc1CNCc1cccc(C#N)c1. The number of benzene rings is 2. The van der Waals surface area contributed by atoms with Crippen LogP contribution in [0.3, 0.4) is 0 Å². The molecule has 0 aromatic heterocycles. The predicted molar refractivity (Wildman–Crippen MR) is 79.3 cm³/mol. The number of hydrogen-bond acceptors (Lipinski definition) is 4. The second-order valence-corrected chi connectivity index (χ2v) is 4.47. The van der Waals surface area contributed by atoms with E-state index in [0.717, 1.165) is 16.9 Å². The quantitative estimate of drug-likeness (QED) is 0.881. The van der Waals surface area contributed by atoms with Crippen molar-refractivity contribution in [3.8, 4) is 17.9 Å². The van der Waals surface area contributed by atoms with Gasteiger partial charge in [0, 0.05) is 18.7 Å².